The van der Waals surface area contributed by atoms with Gasteiger partial charge in [0, 0.05) is 6.61 Å². The Balaban J connectivity index is 2.04. The van der Waals surface area contributed by atoms with Crippen molar-refractivity contribution < 1.29 is 4.74 Å². The van der Waals surface area contributed by atoms with E-state index >= 15 is 0 Å². The monoisotopic (exact) mass is 298 g/mol. The van der Waals surface area contributed by atoms with E-state index in [1.807, 2.05) is 11.4 Å². The summed E-state index contributed by atoms with van der Waals surface area (Å²) in [5.74, 6) is 0.632. The van der Waals surface area contributed by atoms with E-state index in [4.69, 9.17) is 17.0 Å². The van der Waals surface area contributed by atoms with Crippen LogP contribution in [-0.4, -0.2) is 22.8 Å². The summed E-state index contributed by atoms with van der Waals surface area (Å²) in [6, 6.07) is 1.82. The number of aromatic nitrogens is 2. The van der Waals surface area contributed by atoms with Crippen LogP contribution in [-0.2, 0) is 11.3 Å². The third-order valence-electron chi connectivity index (χ3n) is 2.91. The van der Waals surface area contributed by atoms with Gasteiger partial charge in [0.2, 0.25) is 0 Å². The van der Waals surface area contributed by atoms with E-state index < -0.39 is 0 Å². The molecule has 2 heterocycles. The van der Waals surface area contributed by atoms with Crippen LogP contribution < -0.4 is 5.56 Å². The molecule has 0 spiro atoms. The highest BCUT2D eigenvalue weighted by Gasteiger charge is 2.06. The quantitative estimate of drug-likeness (QED) is 0.658. The van der Waals surface area contributed by atoms with Gasteiger partial charge in [0.15, 0.2) is 4.77 Å². The van der Waals surface area contributed by atoms with E-state index in [2.05, 4.69) is 18.8 Å². The van der Waals surface area contributed by atoms with Gasteiger partial charge >= 0.3 is 0 Å². The van der Waals surface area contributed by atoms with Crippen molar-refractivity contribution in [3.05, 3.63) is 26.6 Å². The molecule has 0 saturated carbocycles. The van der Waals surface area contributed by atoms with Crippen molar-refractivity contribution >= 4 is 33.8 Å². The van der Waals surface area contributed by atoms with E-state index in [-0.39, 0.29) is 5.56 Å². The van der Waals surface area contributed by atoms with Crippen molar-refractivity contribution in [2.75, 3.05) is 13.2 Å². The number of ether oxygens (including phenoxy) is 1. The number of H-pyrrole nitrogens is 1. The number of nitrogens with one attached hydrogen (secondary N) is 1. The maximum Gasteiger partial charge on any atom is 0.263 e. The molecule has 2 rings (SSSR count). The van der Waals surface area contributed by atoms with Gasteiger partial charge in [0.05, 0.1) is 18.5 Å². The van der Waals surface area contributed by atoms with Gasteiger partial charge in [-0.25, -0.2) is 0 Å². The molecule has 104 valence electrons. The molecule has 0 aliphatic heterocycles. The van der Waals surface area contributed by atoms with E-state index in [9.17, 15) is 4.79 Å². The van der Waals surface area contributed by atoms with Crippen LogP contribution in [0.1, 0.15) is 20.3 Å². The molecule has 2 aromatic heterocycles. The molecule has 0 radical (unpaired) electrons. The third-order valence-corrected chi connectivity index (χ3v) is 4.06. The van der Waals surface area contributed by atoms with Crippen molar-refractivity contribution in [3.63, 3.8) is 0 Å². The first-order chi connectivity index (χ1) is 9.09. The van der Waals surface area contributed by atoms with Gasteiger partial charge in [-0.05, 0) is 36.0 Å². The predicted octanol–water partition coefficient (Wildman–Crippen LogP) is 3.18. The molecule has 0 saturated heterocycles. The molecule has 0 unspecified atom stereocenters. The fourth-order valence-electron chi connectivity index (χ4n) is 1.76. The fourth-order valence-corrected chi connectivity index (χ4v) is 2.88. The van der Waals surface area contributed by atoms with E-state index in [1.54, 1.807) is 4.57 Å². The molecule has 0 amide bonds. The lowest BCUT2D eigenvalue weighted by Crippen LogP contribution is -2.24. The van der Waals surface area contributed by atoms with Crippen molar-refractivity contribution in [3.8, 4) is 0 Å². The van der Waals surface area contributed by atoms with Crippen molar-refractivity contribution in [1.29, 1.82) is 0 Å². The lowest BCUT2D eigenvalue weighted by molar-refractivity contribution is 0.115. The first-order valence-corrected chi connectivity index (χ1v) is 7.66. The van der Waals surface area contributed by atoms with Gasteiger partial charge in [-0.1, -0.05) is 13.8 Å². The molecule has 2 aromatic rings. The second-order valence-electron chi connectivity index (χ2n) is 4.85. The molecular weight excluding hydrogens is 280 g/mol. The second kappa shape index (κ2) is 6.45. The van der Waals surface area contributed by atoms with Crippen molar-refractivity contribution in [2.24, 2.45) is 5.92 Å². The number of hydrogen-bond acceptors (Lipinski definition) is 4. The molecule has 6 heteroatoms. The summed E-state index contributed by atoms with van der Waals surface area (Å²) in [4.78, 5) is 16.1. The summed E-state index contributed by atoms with van der Waals surface area (Å²) in [5.41, 5.74) is -0.0348. The summed E-state index contributed by atoms with van der Waals surface area (Å²) in [6.45, 7) is 6.06. The highest BCUT2D eigenvalue weighted by atomic mass is 32.1. The highest BCUT2D eigenvalue weighted by Crippen LogP contribution is 2.13. The number of thiophene rings is 1. The lowest BCUT2D eigenvalue weighted by atomic mass is 10.1. The van der Waals surface area contributed by atoms with Gasteiger partial charge in [-0.3, -0.25) is 9.36 Å². The van der Waals surface area contributed by atoms with Crippen LogP contribution in [0, 0.1) is 10.7 Å². The molecule has 4 nitrogen and oxygen atoms in total. The summed E-state index contributed by atoms with van der Waals surface area (Å²) in [7, 11) is 0. The Hall–Kier alpha value is -0.980. The van der Waals surface area contributed by atoms with Crippen LogP contribution >= 0.6 is 23.6 Å². The Morgan fingerprint density at radius 1 is 1.47 bits per heavy atom. The minimum Gasteiger partial charge on any atom is -0.380 e. The normalized spacial score (nSPS) is 11.5. The maximum absolute atomic E-state index is 12.2. The lowest BCUT2D eigenvalue weighted by Gasteiger charge is -2.08. The van der Waals surface area contributed by atoms with Gasteiger partial charge < -0.3 is 9.72 Å². The average Bonchev–Trinajstić information content (AvgIpc) is 2.80. The molecule has 19 heavy (non-hydrogen) atoms. The van der Waals surface area contributed by atoms with Crippen LogP contribution in [0.25, 0.3) is 10.2 Å². The molecule has 0 aromatic carbocycles. The van der Waals surface area contributed by atoms with Gasteiger partial charge in [0.25, 0.3) is 5.56 Å². The Morgan fingerprint density at radius 3 is 3.00 bits per heavy atom. The molecule has 0 bridgehead atoms. The highest BCUT2D eigenvalue weighted by molar-refractivity contribution is 7.71. The van der Waals surface area contributed by atoms with Crippen LogP contribution in [0.15, 0.2) is 16.2 Å². The Morgan fingerprint density at radius 2 is 2.26 bits per heavy atom. The Kier molecular flexibility index (Phi) is 4.90. The summed E-state index contributed by atoms with van der Waals surface area (Å²) in [6.07, 6.45) is 1.03. The van der Waals surface area contributed by atoms with Crippen molar-refractivity contribution in [2.45, 2.75) is 26.8 Å². The number of aromatic amines is 1. The van der Waals surface area contributed by atoms with E-state index in [0.29, 0.717) is 29.2 Å². The van der Waals surface area contributed by atoms with Gasteiger partial charge in [-0.15, -0.1) is 11.3 Å². The number of fused-ring (bicyclic) bond motifs is 1. The zero-order valence-corrected chi connectivity index (χ0v) is 12.8. The number of rotatable bonds is 6. The standard InChI is InChI=1S/C13H18N2O2S2/c1-9(2)3-6-17-7-5-15-12(16)10-4-8-19-11(10)14-13(15)18/h4,8-9H,3,5-7H2,1-2H3,(H,14,18). The molecule has 0 fully saturated rings. The van der Waals surface area contributed by atoms with Crippen LogP contribution in [0.3, 0.4) is 0 Å². The maximum atomic E-state index is 12.2. The van der Waals surface area contributed by atoms with E-state index in [0.717, 1.165) is 17.9 Å². The summed E-state index contributed by atoms with van der Waals surface area (Å²) < 4.78 is 7.57. The first-order valence-electron chi connectivity index (χ1n) is 6.37. The van der Waals surface area contributed by atoms with Gasteiger partial charge in [0.1, 0.15) is 4.83 Å². The minimum atomic E-state index is -0.0348. The number of hydrogen-bond donors (Lipinski definition) is 1. The Bertz CT molecular complexity index is 654. The minimum absolute atomic E-state index is 0.0348. The predicted molar refractivity (Wildman–Crippen MR) is 81.5 cm³/mol. The first kappa shape index (κ1) is 14.4. The zero-order chi connectivity index (χ0) is 13.8. The third kappa shape index (κ3) is 3.52. The molecule has 0 atom stereocenters. The fraction of sp³-hybridized carbons (Fsp3) is 0.538. The topological polar surface area (TPSA) is 47.0 Å². The molecule has 1 N–H and O–H groups in total. The average molecular weight is 298 g/mol. The Labute approximate surface area is 121 Å². The van der Waals surface area contributed by atoms with Gasteiger partial charge in [-0.2, -0.15) is 0 Å². The second-order valence-corrected chi connectivity index (χ2v) is 6.15. The SMILES string of the molecule is CC(C)CCOCCn1c(=S)[nH]c2sccc2c1=O. The summed E-state index contributed by atoms with van der Waals surface area (Å²) in [5, 5.41) is 2.58. The largest absolute Gasteiger partial charge is 0.380 e. The summed E-state index contributed by atoms with van der Waals surface area (Å²) >= 11 is 6.70. The molecular formula is C13H18N2O2S2. The van der Waals surface area contributed by atoms with Crippen LogP contribution in [0.2, 0.25) is 0 Å². The van der Waals surface area contributed by atoms with Crippen molar-refractivity contribution in [1.82, 2.24) is 9.55 Å². The van der Waals surface area contributed by atoms with Crippen LogP contribution in [0.4, 0.5) is 0 Å². The number of nitrogens with zero attached hydrogens (tertiary/aromatic N) is 1. The molecule has 0 aliphatic carbocycles. The molecule has 0 aliphatic rings. The smallest absolute Gasteiger partial charge is 0.263 e. The van der Waals surface area contributed by atoms with E-state index in [1.165, 1.54) is 11.3 Å². The zero-order valence-electron chi connectivity index (χ0n) is 11.1. The van der Waals surface area contributed by atoms with Crippen LogP contribution in [0.5, 0.6) is 0 Å².